The van der Waals surface area contributed by atoms with Crippen molar-refractivity contribution in [2.24, 2.45) is 10.3 Å². The molecule has 1 heterocycles. The van der Waals surface area contributed by atoms with Gasteiger partial charge in [-0.3, -0.25) is 0 Å². The molecule has 0 aliphatic carbocycles. The van der Waals surface area contributed by atoms with Crippen LogP contribution in [0.1, 0.15) is 11.1 Å². The third-order valence-electron chi connectivity index (χ3n) is 2.55. The zero-order valence-corrected chi connectivity index (χ0v) is 11.7. The highest BCUT2D eigenvalue weighted by Gasteiger charge is 2.13. The normalized spacial score (nSPS) is 12.7. The summed E-state index contributed by atoms with van der Waals surface area (Å²) in [6.45, 7) is 0. The Morgan fingerprint density at radius 1 is 0.842 bits per heavy atom. The van der Waals surface area contributed by atoms with E-state index in [1.165, 1.54) is 20.9 Å². The fourth-order valence-electron chi connectivity index (χ4n) is 1.82. The molecule has 0 amide bonds. The van der Waals surface area contributed by atoms with Crippen molar-refractivity contribution in [1.82, 2.24) is 0 Å². The van der Waals surface area contributed by atoms with Crippen LogP contribution in [-0.2, 0) is 16.6 Å². The highest BCUT2D eigenvalue weighted by Crippen LogP contribution is 2.38. The second-order valence-electron chi connectivity index (χ2n) is 4.08. The van der Waals surface area contributed by atoms with Crippen molar-refractivity contribution in [1.29, 1.82) is 0 Å². The lowest BCUT2D eigenvalue weighted by Crippen LogP contribution is -2.21. The molecule has 4 N–H and O–H groups in total. The van der Waals surface area contributed by atoms with Gasteiger partial charge in [-0.2, -0.15) is 8.42 Å². The van der Waals surface area contributed by atoms with Crippen molar-refractivity contribution in [3.8, 4) is 0 Å². The Labute approximate surface area is 117 Å². The van der Waals surface area contributed by atoms with Crippen LogP contribution in [0.25, 0.3) is 0 Å². The third kappa shape index (κ3) is 4.36. The van der Waals surface area contributed by atoms with Crippen LogP contribution < -0.4 is 10.3 Å². The molecular weight excluding hydrogens is 280 g/mol. The summed E-state index contributed by atoms with van der Waals surface area (Å²) in [5, 5.41) is 8.21. The van der Waals surface area contributed by atoms with Gasteiger partial charge in [-0.15, -0.1) is 0 Å². The summed E-state index contributed by atoms with van der Waals surface area (Å²) >= 11 is 1.88. The Morgan fingerprint density at radius 3 is 1.63 bits per heavy atom. The predicted molar refractivity (Wildman–Crippen MR) is 77.1 cm³/mol. The average molecular weight is 294 g/mol. The van der Waals surface area contributed by atoms with Crippen LogP contribution in [0.5, 0.6) is 0 Å². The van der Waals surface area contributed by atoms with Crippen LogP contribution in [-0.4, -0.2) is 8.42 Å². The number of hydrogen-bond acceptors (Lipinski definition) is 3. The minimum atomic E-state index is -3.67. The van der Waals surface area contributed by atoms with Crippen molar-refractivity contribution >= 4 is 22.0 Å². The lowest BCUT2D eigenvalue weighted by Gasteiger charge is -2.17. The number of benzene rings is 2. The van der Waals surface area contributed by atoms with Gasteiger partial charge >= 0.3 is 0 Å². The van der Waals surface area contributed by atoms with Gasteiger partial charge in [0.25, 0.3) is 10.2 Å². The van der Waals surface area contributed by atoms with Gasteiger partial charge in [0.15, 0.2) is 0 Å². The molecule has 6 heteroatoms. The van der Waals surface area contributed by atoms with Gasteiger partial charge in [-0.1, -0.05) is 48.2 Å². The highest BCUT2D eigenvalue weighted by molar-refractivity contribution is 7.99. The van der Waals surface area contributed by atoms with E-state index in [1.54, 1.807) is 0 Å². The molecule has 1 aliphatic rings. The van der Waals surface area contributed by atoms with Gasteiger partial charge in [0.1, 0.15) is 0 Å². The van der Waals surface area contributed by atoms with Crippen molar-refractivity contribution in [2.45, 2.75) is 16.2 Å². The van der Waals surface area contributed by atoms with Gasteiger partial charge in [0, 0.05) is 9.79 Å². The molecule has 0 saturated carbocycles. The topological polar surface area (TPSA) is 86.2 Å². The van der Waals surface area contributed by atoms with E-state index in [0.717, 1.165) is 6.42 Å². The Morgan fingerprint density at radius 2 is 1.21 bits per heavy atom. The van der Waals surface area contributed by atoms with Gasteiger partial charge < -0.3 is 0 Å². The molecule has 19 heavy (non-hydrogen) atoms. The van der Waals surface area contributed by atoms with Gasteiger partial charge in [-0.25, -0.2) is 10.3 Å². The molecule has 0 atom stereocenters. The van der Waals surface area contributed by atoms with E-state index in [2.05, 4.69) is 58.8 Å². The summed E-state index contributed by atoms with van der Waals surface area (Å²) < 4.78 is 18.4. The third-order valence-corrected chi connectivity index (χ3v) is 3.78. The molecule has 4 nitrogen and oxygen atoms in total. The summed E-state index contributed by atoms with van der Waals surface area (Å²) in [6.07, 6.45) is 1.08. The van der Waals surface area contributed by atoms with Crippen LogP contribution >= 0.6 is 11.8 Å². The van der Waals surface area contributed by atoms with E-state index in [0.29, 0.717) is 0 Å². The molecule has 0 bridgehead atoms. The Bertz CT molecular complexity index is 589. The van der Waals surface area contributed by atoms with Gasteiger partial charge in [-0.05, 0) is 29.7 Å². The number of rotatable bonds is 0. The van der Waals surface area contributed by atoms with E-state index in [1.807, 2.05) is 11.8 Å². The average Bonchev–Trinajstić information content (AvgIpc) is 2.34. The van der Waals surface area contributed by atoms with Crippen LogP contribution in [0.3, 0.4) is 0 Å². The first-order chi connectivity index (χ1) is 8.93. The van der Waals surface area contributed by atoms with Crippen LogP contribution in [0.2, 0.25) is 0 Å². The maximum atomic E-state index is 9.19. The first-order valence-corrected chi connectivity index (χ1v) is 8.00. The molecule has 1 aliphatic heterocycles. The smallest absolute Gasteiger partial charge is 0.216 e. The second kappa shape index (κ2) is 5.75. The summed E-state index contributed by atoms with van der Waals surface area (Å²) in [4.78, 5) is 2.82. The molecular formula is C13H14N2O2S2. The Hall–Kier alpha value is -1.34. The Kier molecular flexibility index (Phi) is 4.26. The molecule has 2 aromatic carbocycles. The first kappa shape index (κ1) is 14.1. The largest absolute Gasteiger partial charge is 0.271 e. The lowest BCUT2D eigenvalue weighted by atomic mass is 10.0. The summed E-state index contributed by atoms with van der Waals surface area (Å²) in [5.74, 6) is 0. The summed E-state index contributed by atoms with van der Waals surface area (Å²) in [5.41, 5.74) is 2.91. The zero-order chi connectivity index (χ0) is 13.9. The number of nitrogens with two attached hydrogens (primary N) is 2. The van der Waals surface area contributed by atoms with Crippen LogP contribution in [0, 0.1) is 0 Å². The standard InChI is InChI=1S/C13H10S.H4N2O2S/c1-3-7-12-10(5-1)9-11-6-2-4-8-13(11)14-12;1-5(2,3)4/h1-8H,9H2;(H4,1,2,3,4). The molecule has 0 radical (unpaired) electrons. The lowest BCUT2D eigenvalue weighted by molar-refractivity contribution is 0.599. The summed E-state index contributed by atoms with van der Waals surface area (Å²) in [7, 11) is -3.67. The Balaban J connectivity index is 0.000000232. The van der Waals surface area contributed by atoms with E-state index >= 15 is 0 Å². The molecule has 0 spiro atoms. The van der Waals surface area contributed by atoms with E-state index in [-0.39, 0.29) is 0 Å². The maximum Gasteiger partial charge on any atom is 0.271 e. The quantitative estimate of drug-likeness (QED) is 0.664. The molecule has 0 fully saturated rings. The SMILES string of the molecule is NS(N)(=O)=O.c1ccc2c(c1)Cc1ccccc1S2. The highest BCUT2D eigenvalue weighted by atomic mass is 32.2. The van der Waals surface area contributed by atoms with Crippen molar-refractivity contribution in [3.05, 3.63) is 59.7 Å². The molecule has 3 rings (SSSR count). The molecule has 2 aromatic rings. The molecule has 0 unspecified atom stereocenters. The maximum absolute atomic E-state index is 9.19. The van der Waals surface area contributed by atoms with Crippen LogP contribution in [0.15, 0.2) is 58.3 Å². The molecule has 0 saturated heterocycles. The number of hydrogen-bond donors (Lipinski definition) is 2. The summed E-state index contributed by atoms with van der Waals surface area (Å²) in [6, 6.07) is 17.3. The first-order valence-electron chi connectivity index (χ1n) is 5.57. The van der Waals surface area contributed by atoms with E-state index in [4.69, 9.17) is 0 Å². The van der Waals surface area contributed by atoms with E-state index in [9.17, 15) is 8.42 Å². The zero-order valence-electron chi connectivity index (χ0n) is 10.1. The van der Waals surface area contributed by atoms with Crippen molar-refractivity contribution in [2.75, 3.05) is 0 Å². The van der Waals surface area contributed by atoms with Gasteiger partial charge in [0.05, 0.1) is 0 Å². The molecule has 0 aromatic heterocycles. The van der Waals surface area contributed by atoms with E-state index < -0.39 is 10.2 Å². The van der Waals surface area contributed by atoms with Crippen LogP contribution in [0.4, 0.5) is 0 Å². The fraction of sp³-hybridized carbons (Fsp3) is 0.0769. The second-order valence-corrected chi connectivity index (χ2v) is 6.35. The monoisotopic (exact) mass is 294 g/mol. The minimum Gasteiger partial charge on any atom is -0.216 e. The fourth-order valence-corrected chi connectivity index (χ4v) is 2.90. The van der Waals surface area contributed by atoms with Gasteiger partial charge in [0.2, 0.25) is 0 Å². The number of fused-ring (bicyclic) bond motifs is 2. The molecule has 100 valence electrons. The van der Waals surface area contributed by atoms with Crippen molar-refractivity contribution < 1.29 is 8.42 Å². The van der Waals surface area contributed by atoms with Crippen molar-refractivity contribution in [3.63, 3.8) is 0 Å². The minimum absolute atomic E-state index is 1.08. The predicted octanol–water partition coefficient (Wildman–Crippen LogP) is 1.89.